The number of carbonyl (C=O) groups excluding carboxylic acids is 1. The van der Waals surface area contributed by atoms with Crippen molar-refractivity contribution in [3.63, 3.8) is 0 Å². The molecular weight excluding hydrogens is 541 g/mol. The maximum Gasteiger partial charge on any atom is 0.472 e. The molecule has 0 aliphatic carbocycles. The van der Waals surface area contributed by atoms with Gasteiger partial charge in [0.05, 0.1) is 19.8 Å². The van der Waals surface area contributed by atoms with Gasteiger partial charge in [-0.15, -0.1) is 0 Å². The number of unbranched alkanes of at least 4 members (excludes halogenated alkanes) is 17. The van der Waals surface area contributed by atoms with Gasteiger partial charge in [0.2, 0.25) is 0 Å². The maximum absolute atomic E-state index is 12.4. The van der Waals surface area contributed by atoms with E-state index in [1.807, 2.05) is 0 Å². The van der Waals surface area contributed by atoms with Gasteiger partial charge in [-0.25, -0.2) is 4.57 Å². The first-order chi connectivity index (χ1) is 19.9. The molecule has 0 aromatic carbocycles. The van der Waals surface area contributed by atoms with E-state index in [-0.39, 0.29) is 32.3 Å². The van der Waals surface area contributed by atoms with Crippen LogP contribution in [0.25, 0.3) is 0 Å². The fraction of sp³-hybridized carbons (Fsp3) is 0.906. The number of ether oxygens (including phenoxy) is 2. The van der Waals surface area contributed by atoms with Gasteiger partial charge in [-0.1, -0.05) is 122 Å². The maximum atomic E-state index is 12.4. The van der Waals surface area contributed by atoms with E-state index in [1.165, 1.54) is 96.3 Å². The number of hydrogen-bond acceptors (Lipinski definition) is 7. The minimum atomic E-state index is -4.26. The van der Waals surface area contributed by atoms with E-state index in [0.29, 0.717) is 13.0 Å². The minimum absolute atomic E-state index is 0.0941. The average molecular weight is 606 g/mol. The second-order valence-electron chi connectivity index (χ2n) is 11.0. The van der Waals surface area contributed by atoms with E-state index in [4.69, 9.17) is 24.3 Å². The molecule has 244 valence electrons. The molecule has 0 amide bonds. The Kier molecular flexibility index (Phi) is 30.1. The summed E-state index contributed by atoms with van der Waals surface area (Å²) in [5, 5.41) is 0. The van der Waals surface area contributed by atoms with Crippen molar-refractivity contribution in [3.05, 3.63) is 12.2 Å². The van der Waals surface area contributed by atoms with Gasteiger partial charge in [0.25, 0.3) is 0 Å². The molecule has 0 aromatic rings. The molecule has 0 aromatic heterocycles. The summed E-state index contributed by atoms with van der Waals surface area (Å²) >= 11 is 0. The number of nitrogens with two attached hydrogens (primary N) is 1. The lowest BCUT2D eigenvalue weighted by Crippen LogP contribution is -2.28. The predicted molar refractivity (Wildman–Crippen MR) is 169 cm³/mol. The third-order valence-electron chi connectivity index (χ3n) is 6.91. The molecule has 0 spiro atoms. The van der Waals surface area contributed by atoms with Crippen molar-refractivity contribution in [2.45, 2.75) is 155 Å². The summed E-state index contributed by atoms with van der Waals surface area (Å²) in [4.78, 5) is 22.2. The molecular formula is C32H64NO7P. The Hall–Kier alpha value is -0.760. The van der Waals surface area contributed by atoms with Crippen molar-refractivity contribution >= 4 is 13.8 Å². The van der Waals surface area contributed by atoms with Crippen LogP contribution in [0.15, 0.2) is 12.2 Å². The van der Waals surface area contributed by atoms with Crippen LogP contribution >= 0.6 is 7.82 Å². The molecule has 9 heteroatoms. The summed E-state index contributed by atoms with van der Waals surface area (Å²) in [5.74, 6) is -0.335. The third-order valence-corrected chi connectivity index (χ3v) is 7.90. The zero-order valence-corrected chi connectivity index (χ0v) is 27.4. The smallest absolute Gasteiger partial charge is 0.457 e. The summed E-state index contributed by atoms with van der Waals surface area (Å²) in [5.41, 5.74) is 5.33. The highest BCUT2D eigenvalue weighted by molar-refractivity contribution is 7.47. The Balaban J connectivity index is 4.15. The largest absolute Gasteiger partial charge is 0.472 e. The molecule has 0 heterocycles. The first-order valence-electron chi connectivity index (χ1n) is 16.7. The second kappa shape index (κ2) is 30.7. The summed E-state index contributed by atoms with van der Waals surface area (Å²) < 4.78 is 33.1. The van der Waals surface area contributed by atoms with Gasteiger partial charge >= 0.3 is 13.8 Å². The molecule has 0 aliphatic heterocycles. The van der Waals surface area contributed by atoms with Crippen molar-refractivity contribution in [1.29, 1.82) is 0 Å². The lowest BCUT2D eigenvalue weighted by atomic mass is 10.1. The van der Waals surface area contributed by atoms with Gasteiger partial charge in [0.1, 0.15) is 6.10 Å². The summed E-state index contributed by atoms with van der Waals surface area (Å²) in [7, 11) is -4.26. The number of carbonyl (C=O) groups is 1. The Bertz CT molecular complexity index is 648. The van der Waals surface area contributed by atoms with Crippen LogP contribution in [0.3, 0.4) is 0 Å². The molecule has 0 saturated carbocycles. The lowest BCUT2D eigenvalue weighted by molar-refractivity contribution is -0.154. The number of hydrogen-bond donors (Lipinski definition) is 2. The monoisotopic (exact) mass is 605 g/mol. The van der Waals surface area contributed by atoms with Gasteiger partial charge in [-0.2, -0.15) is 0 Å². The Morgan fingerprint density at radius 3 is 1.88 bits per heavy atom. The van der Waals surface area contributed by atoms with E-state index in [0.717, 1.165) is 32.1 Å². The molecule has 3 N–H and O–H groups in total. The number of rotatable bonds is 32. The van der Waals surface area contributed by atoms with Gasteiger partial charge in [-0.05, 0) is 32.1 Å². The van der Waals surface area contributed by atoms with Crippen molar-refractivity contribution in [3.8, 4) is 0 Å². The van der Waals surface area contributed by atoms with Crippen LogP contribution in [-0.2, 0) is 27.9 Å². The molecule has 0 bridgehead atoms. The van der Waals surface area contributed by atoms with Crippen molar-refractivity contribution in [2.75, 3.05) is 33.0 Å². The molecule has 8 nitrogen and oxygen atoms in total. The van der Waals surface area contributed by atoms with E-state index in [2.05, 4.69) is 26.0 Å². The van der Waals surface area contributed by atoms with E-state index in [9.17, 15) is 14.3 Å². The quantitative estimate of drug-likeness (QED) is 0.0338. The highest BCUT2D eigenvalue weighted by atomic mass is 31.2. The second-order valence-corrected chi connectivity index (χ2v) is 12.5. The van der Waals surface area contributed by atoms with Gasteiger partial charge in [0.15, 0.2) is 0 Å². The van der Waals surface area contributed by atoms with Crippen molar-refractivity contribution < 1.29 is 32.8 Å². The van der Waals surface area contributed by atoms with E-state index in [1.54, 1.807) is 0 Å². The van der Waals surface area contributed by atoms with Crippen molar-refractivity contribution in [2.24, 2.45) is 5.73 Å². The number of esters is 1. The standard InChI is InChI=1S/C32H64NO7P/c1-3-5-7-9-11-13-15-17-19-21-23-25-32(34)40-31(30-39-41(35,36)38-28-26-33)29-37-27-24-22-20-18-16-14-12-10-8-6-4-2/h8,10,31H,3-7,9,11-30,33H2,1-2H3,(H,35,36)/b10-8-. The first kappa shape index (κ1) is 40.2. The summed E-state index contributed by atoms with van der Waals surface area (Å²) in [6, 6.07) is 0. The molecule has 0 saturated heterocycles. The molecule has 0 rings (SSSR count). The normalized spacial score (nSPS) is 14.0. The SMILES string of the molecule is CCC/C=C\CCCCCCCCOCC(COP(=O)(O)OCCN)OC(=O)CCCCCCCCCCCCC. The average Bonchev–Trinajstić information content (AvgIpc) is 2.96. The number of phosphoric ester groups is 1. The third kappa shape index (κ3) is 30.5. The Labute approximate surface area is 252 Å². The fourth-order valence-electron chi connectivity index (χ4n) is 4.47. The summed E-state index contributed by atoms with van der Waals surface area (Å²) in [6.07, 6.45) is 27.9. The predicted octanol–water partition coefficient (Wildman–Crippen LogP) is 8.80. The first-order valence-corrected chi connectivity index (χ1v) is 18.2. The topological polar surface area (TPSA) is 117 Å². The molecule has 0 aliphatic rings. The highest BCUT2D eigenvalue weighted by Crippen LogP contribution is 2.43. The molecule has 0 radical (unpaired) electrons. The zero-order valence-electron chi connectivity index (χ0n) is 26.5. The van der Waals surface area contributed by atoms with E-state index < -0.39 is 13.9 Å². The van der Waals surface area contributed by atoms with E-state index >= 15 is 0 Å². The summed E-state index contributed by atoms with van der Waals surface area (Å²) in [6.45, 7) is 4.84. The van der Waals surface area contributed by atoms with Crippen LogP contribution in [0, 0.1) is 0 Å². The van der Waals surface area contributed by atoms with Gasteiger partial charge in [-0.3, -0.25) is 13.8 Å². The van der Waals surface area contributed by atoms with Crippen LogP contribution in [0.1, 0.15) is 149 Å². The van der Waals surface area contributed by atoms with Gasteiger partial charge < -0.3 is 20.1 Å². The molecule has 2 unspecified atom stereocenters. The van der Waals surface area contributed by atoms with Crippen molar-refractivity contribution in [1.82, 2.24) is 0 Å². The number of allylic oxidation sites excluding steroid dienone is 2. The van der Waals surface area contributed by atoms with Gasteiger partial charge in [0, 0.05) is 19.6 Å². The molecule has 0 fully saturated rings. The Morgan fingerprint density at radius 1 is 0.707 bits per heavy atom. The van der Waals surface area contributed by atoms with Crippen LogP contribution in [0.2, 0.25) is 0 Å². The van der Waals surface area contributed by atoms with Crippen LogP contribution in [-0.4, -0.2) is 49.9 Å². The zero-order chi connectivity index (χ0) is 30.3. The number of phosphoric acid groups is 1. The van der Waals surface area contributed by atoms with Crippen LogP contribution in [0.5, 0.6) is 0 Å². The van der Waals surface area contributed by atoms with Crippen LogP contribution in [0.4, 0.5) is 0 Å². The Morgan fingerprint density at radius 2 is 1.27 bits per heavy atom. The molecule has 41 heavy (non-hydrogen) atoms. The lowest BCUT2D eigenvalue weighted by Gasteiger charge is -2.20. The fourth-order valence-corrected chi connectivity index (χ4v) is 5.23. The molecule has 2 atom stereocenters. The minimum Gasteiger partial charge on any atom is -0.457 e. The highest BCUT2D eigenvalue weighted by Gasteiger charge is 2.25. The van der Waals surface area contributed by atoms with Crippen LogP contribution < -0.4 is 5.73 Å².